The number of carbonyl (C=O) groups excluding carboxylic acids is 1. The van der Waals surface area contributed by atoms with Crippen LogP contribution in [-0.4, -0.2) is 21.7 Å². The summed E-state index contributed by atoms with van der Waals surface area (Å²) in [6, 6.07) is -0.667. The van der Waals surface area contributed by atoms with E-state index in [4.69, 9.17) is 0 Å². The number of nitrogens with zero attached hydrogens (tertiary/aromatic N) is 2. The number of carbonyl (C=O) groups is 1. The first kappa shape index (κ1) is 17.3. The maximum atomic E-state index is 12.9. The van der Waals surface area contributed by atoms with Crippen LogP contribution < -0.4 is 5.32 Å². The van der Waals surface area contributed by atoms with Crippen LogP contribution in [0, 0.1) is 6.92 Å². The van der Waals surface area contributed by atoms with E-state index < -0.39 is 17.9 Å². The van der Waals surface area contributed by atoms with E-state index >= 15 is 0 Å². The molecule has 1 aliphatic rings. The summed E-state index contributed by atoms with van der Waals surface area (Å²) in [5.74, 6) is -0.293. The van der Waals surface area contributed by atoms with Gasteiger partial charge in [-0.15, -0.1) is 0 Å². The van der Waals surface area contributed by atoms with E-state index in [0.29, 0.717) is 5.69 Å². The molecule has 0 spiro atoms. The van der Waals surface area contributed by atoms with E-state index in [9.17, 15) is 18.0 Å². The summed E-state index contributed by atoms with van der Waals surface area (Å²) in [4.78, 5) is 12.3. The summed E-state index contributed by atoms with van der Waals surface area (Å²) >= 11 is 2.92. The first-order valence-corrected chi connectivity index (χ1v) is 8.13. The van der Waals surface area contributed by atoms with Crippen LogP contribution >= 0.6 is 15.9 Å². The summed E-state index contributed by atoms with van der Waals surface area (Å²) in [6.07, 6.45) is 0.617. The van der Waals surface area contributed by atoms with E-state index in [1.165, 1.54) is 13.3 Å². The average Bonchev–Trinajstić information content (AvgIpc) is 2.75. The van der Waals surface area contributed by atoms with Gasteiger partial charge < -0.3 is 5.32 Å². The van der Waals surface area contributed by atoms with Gasteiger partial charge in [0, 0.05) is 6.04 Å². The fourth-order valence-corrected chi connectivity index (χ4v) is 3.22. The third-order valence-electron chi connectivity index (χ3n) is 4.04. The molecule has 1 N–H and O–H groups in total. The van der Waals surface area contributed by atoms with Gasteiger partial charge in [-0.05, 0) is 42.6 Å². The first-order chi connectivity index (χ1) is 10.2. The summed E-state index contributed by atoms with van der Waals surface area (Å²) in [5, 5.41) is 6.49. The highest BCUT2D eigenvalue weighted by atomic mass is 79.9. The van der Waals surface area contributed by atoms with Crippen LogP contribution in [0.25, 0.3) is 0 Å². The van der Waals surface area contributed by atoms with Crippen molar-refractivity contribution in [2.24, 2.45) is 0 Å². The minimum absolute atomic E-state index is 0.114. The summed E-state index contributed by atoms with van der Waals surface area (Å²) in [6.45, 7) is 3.07. The van der Waals surface area contributed by atoms with Gasteiger partial charge in [-0.1, -0.05) is 19.3 Å². The molecule has 4 nitrogen and oxygen atoms in total. The van der Waals surface area contributed by atoms with Crippen molar-refractivity contribution in [1.29, 1.82) is 0 Å². The molecule has 1 fully saturated rings. The zero-order chi connectivity index (χ0) is 16.5. The van der Waals surface area contributed by atoms with Gasteiger partial charge >= 0.3 is 6.18 Å². The van der Waals surface area contributed by atoms with Gasteiger partial charge in [-0.25, -0.2) is 0 Å². The molecule has 1 aliphatic carbocycles. The van der Waals surface area contributed by atoms with Crippen LogP contribution in [0.5, 0.6) is 0 Å². The van der Waals surface area contributed by atoms with Crippen molar-refractivity contribution < 1.29 is 18.0 Å². The topological polar surface area (TPSA) is 46.9 Å². The lowest BCUT2D eigenvalue weighted by atomic mass is 9.95. The third-order valence-corrected chi connectivity index (χ3v) is 4.99. The Morgan fingerprint density at radius 2 is 1.95 bits per heavy atom. The number of rotatable bonds is 3. The van der Waals surface area contributed by atoms with Crippen molar-refractivity contribution in [3.05, 3.63) is 15.9 Å². The molecule has 22 heavy (non-hydrogen) atoms. The summed E-state index contributed by atoms with van der Waals surface area (Å²) < 4.78 is 39.6. The van der Waals surface area contributed by atoms with Crippen LogP contribution in [-0.2, 0) is 11.0 Å². The van der Waals surface area contributed by atoms with Gasteiger partial charge in [0.1, 0.15) is 6.04 Å². The molecule has 0 bridgehead atoms. The molecule has 1 aromatic heterocycles. The van der Waals surface area contributed by atoms with Gasteiger partial charge in [0.15, 0.2) is 5.69 Å². The number of alkyl halides is 3. The van der Waals surface area contributed by atoms with E-state index in [1.54, 1.807) is 6.92 Å². The average molecular weight is 382 g/mol. The Labute approximate surface area is 135 Å². The molecule has 1 aromatic rings. The van der Waals surface area contributed by atoms with Crippen molar-refractivity contribution in [1.82, 2.24) is 15.1 Å². The third kappa shape index (κ3) is 3.64. The number of hydrogen-bond acceptors (Lipinski definition) is 2. The fourth-order valence-electron chi connectivity index (χ4n) is 2.74. The largest absolute Gasteiger partial charge is 0.436 e. The van der Waals surface area contributed by atoms with Crippen molar-refractivity contribution in [3.8, 4) is 0 Å². The summed E-state index contributed by atoms with van der Waals surface area (Å²) in [5.41, 5.74) is -0.707. The van der Waals surface area contributed by atoms with Gasteiger partial charge in [-0.3, -0.25) is 9.48 Å². The highest BCUT2D eigenvalue weighted by Crippen LogP contribution is 2.36. The molecule has 1 atom stereocenters. The standard InChI is InChI=1S/C14H19BrF3N3O/c1-8-11(15)12(14(16,17)18)20-21(8)9(2)13(22)19-10-6-4-3-5-7-10/h9-10H,3-7H2,1-2H3,(H,19,22)/t9-/m1/s1. The number of aromatic nitrogens is 2. The van der Waals surface area contributed by atoms with E-state index in [-0.39, 0.29) is 16.4 Å². The minimum atomic E-state index is -4.55. The molecule has 1 heterocycles. The highest BCUT2D eigenvalue weighted by molar-refractivity contribution is 9.10. The monoisotopic (exact) mass is 381 g/mol. The van der Waals surface area contributed by atoms with Gasteiger partial charge in [0.25, 0.3) is 0 Å². The van der Waals surface area contributed by atoms with Crippen LogP contribution in [0.4, 0.5) is 13.2 Å². The van der Waals surface area contributed by atoms with Crippen molar-refractivity contribution in [2.45, 2.75) is 64.2 Å². The Bertz CT molecular complexity index is 550. The van der Waals surface area contributed by atoms with Gasteiger partial charge in [0.2, 0.25) is 5.91 Å². The molecule has 1 saturated carbocycles. The predicted octanol–water partition coefficient (Wildman–Crippen LogP) is 3.98. The Morgan fingerprint density at radius 1 is 1.36 bits per heavy atom. The number of halogens is 4. The molecular weight excluding hydrogens is 363 g/mol. The quantitative estimate of drug-likeness (QED) is 0.860. The Hall–Kier alpha value is -1.05. The van der Waals surface area contributed by atoms with Crippen LogP contribution in [0.15, 0.2) is 4.47 Å². The van der Waals surface area contributed by atoms with E-state index in [1.807, 2.05) is 0 Å². The number of hydrogen-bond donors (Lipinski definition) is 1. The fraction of sp³-hybridized carbons (Fsp3) is 0.714. The maximum absolute atomic E-state index is 12.9. The Balaban J connectivity index is 2.15. The lowest BCUT2D eigenvalue weighted by Gasteiger charge is -2.24. The first-order valence-electron chi connectivity index (χ1n) is 7.34. The molecule has 8 heteroatoms. The second-order valence-electron chi connectivity index (χ2n) is 5.71. The lowest BCUT2D eigenvalue weighted by Crippen LogP contribution is -2.40. The molecule has 0 saturated heterocycles. The molecule has 2 rings (SSSR count). The molecule has 0 aromatic carbocycles. The maximum Gasteiger partial charge on any atom is 0.436 e. The number of nitrogens with one attached hydrogen (secondary N) is 1. The van der Waals surface area contributed by atoms with Crippen LogP contribution in [0.3, 0.4) is 0 Å². The Kier molecular flexibility index (Phi) is 5.19. The second-order valence-corrected chi connectivity index (χ2v) is 6.50. The van der Waals surface area contributed by atoms with Crippen LogP contribution in [0.1, 0.15) is 56.5 Å². The molecule has 0 unspecified atom stereocenters. The van der Waals surface area contributed by atoms with Crippen molar-refractivity contribution >= 4 is 21.8 Å². The minimum Gasteiger partial charge on any atom is -0.352 e. The van der Waals surface area contributed by atoms with Gasteiger partial charge in [-0.2, -0.15) is 18.3 Å². The highest BCUT2D eigenvalue weighted by Gasteiger charge is 2.39. The SMILES string of the molecule is Cc1c(Br)c(C(F)(F)F)nn1[C@H](C)C(=O)NC1CCCCC1. The van der Waals surface area contributed by atoms with Crippen molar-refractivity contribution in [2.75, 3.05) is 0 Å². The zero-order valence-electron chi connectivity index (χ0n) is 12.5. The second kappa shape index (κ2) is 6.60. The van der Waals surface area contributed by atoms with E-state index in [2.05, 4.69) is 26.3 Å². The normalized spacial score (nSPS) is 18.3. The van der Waals surface area contributed by atoms with Crippen molar-refractivity contribution in [3.63, 3.8) is 0 Å². The number of amides is 1. The predicted molar refractivity (Wildman–Crippen MR) is 79.4 cm³/mol. The molecule has 0 aliphatic heterocycles. The molecule has 0 radical (unpaired) electrons. The zero-order valence-corrected chi connectivity index (χ0v) is 14.1. The summed E-state index contributed by atoms with van der Waals surface area (Å²) in [7, 11) is 0. The van der Waals surface area contributed by atoms with Crippen LogP contribution in [0.2, 0.25) is 0 Å². The molecule has 124 valence electrons. The molecule has 1 amide bonds. The smallest absolute Gasteiger partial charge is 0.352 e. The lowest BCUT2D eigenvalue weighted by molar-refractivity contribution is -0.142. The van der Waals surface area contributed by atoms with Gasteiger partial charge in [0.05, 0.1) is 10.2 Å². The Morgan fingerprint density at radius 3 is 2.45 bits per heavy atom. The van der Waals surface area contributed by atoms with E-state index in [0.717, 1.165) is 30.4 Å². The molecular formula is C14H19BrF3N3O.